The molecule has 0 fully saturated rings. The molecule has 1 aliphatic carbocycles. The summed E-state index contributed by atoms with van der Waals surface area (Å²) in [5.74, 6) is -0.327. The van der Waals surface area contributed by atoms with Gasteiger partial charge in [0.15, 0.2) is 0 Å². The fourth-order valence-electron chi connectivity index (χ4n) is 3.62. The molecule has 1 aromatic heterocycles. The SMILES string of the molecule is CC[C@@H](C(=O)N[C@H](C#N)Cc1ccc(-c2ccc3oc(=O)c#cc3c2)cc1)C1=CC=C1. The lowest BCUT2D eigenvalue weighted by atomic mass is 9.90. The number of nitrogens with zero attached hydrogens (tertiary/aromatic N) is 1. The van der Waals surface area contributed by atoms with Gasteiger partial charge in [0, 0.05) is 12.5 Å². The number of benzene rings is 2. The zero-order valence-electron chi connectivity index (χ0n) is 17.0. The summed E-state index contributed by atoms with van der Waals surface area (Å²) in [6.45, 7) is 1.97. The molecule has 0 bridgehead atoms. The van der Waals surface area contributed by atoms with Gasteiger partial charge in [-0.05, 0) is 40.8 Å². The number of nitrogens with one attached hydrogen (secondary N) is 1. The number of rotatable bonds is 7. The molecule has 5 nitrogen and oxygen atoms in total. The first kappa shape index (κ1) is 20.2. The molecule has 0 radical (unpaired) electrons. The fraction of sp³-hybridized carbons (Fsp3) is 0.192. The molecule has 1 heterocycles. The van der Waals surface area contributed by atoms with Gasteiger partial charge in [-0.2, -0.15) is 5.26 Å². The summed E-state index contributed by atoms with van der Waals surface area (Å²) in [7, 11) is 0. The number of carbonyl (C=O) groups excluding carboxylic acids is 1. The highest BCUT2D eigenvalue weighted by molar-refractivity contribution is 5.84. The van der Waals surface area contributed by atoms with Crippen molar-refractivity contribution in [3.05, 3.63) is 94.4 Å². The third-order valence-electron chi connectivity index (χ3n) is 5.39. The maximum Gasteiger partial charge on any atom is 0.390 e. The summed E-state index contributed by atoms with van der Waals surface area (Å²) >= 11 is 0. The van der Waals surface area contributed by atoms with Crippen LogP contribution in [-0.2, 0) is 11.2 Å². The van der Waals surface area contributed by atoms with Gasteiger partial charge in [-0.25, -0.2) is 4.79 Å². The minimum absolute atomic E-state index is 0.114. The van der Waals surface area contributed by atoms with Crippen LogP contribution in [0.15, 0.2) is 75.5 Å². The summed E-state index contributed by atoms with van der Waals surface area (Å²) in [5, 5.41) is 13.1. The van der Waals surface area contributed by atoms with E-state index in [1.807, 2.05) is 61.5 Å². The molecule has 0 spiro atoms. The monoisotopic (exact) mass is 408 g/mol. The fourth-order valence-corrected chi connectivity index (χ4v) is 3.62. The Balaban J connectivity index is 1.45. The van der Waals surface area contributed by atoms with Crippen LogP contribution in [0.25, 0.3) is 22.1 Å². The zero-order chi connectivity index (χ0) is 21.8. The van der Waals surface area contributed by atoms with Gasteiger partial charge < -0.3 is 9.73 Å². The second-order valence-corrected chi connectivity index (χ2v) is 7.43. The summed E-state index contributed by atoms with van der Waals surface area (Å²) in [6.07, 6.45) is 6.91. The van der Waals surface area contributed by atoms with Gasteiger partial charge in [0.1, 0.15) is 11.6 Å². The van der Waals surface area contributed by atoms with Gasteiger partial charge in [-0.1, -0.05) is 61.5 Å². The molecule has 2 atom stereocenters. The molecule has 0 saturated carbocycles. The first-order chi connectivity index (χ1) is 15.1. The topological polar surface area (TPSA) is 83.1 Å². The molecule has 5 heteroatoms. The smallest absolute Gasteiger partial charge is 0.390 e. The van der Waals surface area contributed by atoms with Crippen molar-refractivity contribution in [2.45, 2.75) is 25.8 Å². The Morgan fingerprint density at radius 2 is 1.90 bits per heavy atom. The molecule has 0 saturated heterocycles. The first-order valence-corrected chi connectivity index (χ1v) is 10.1. The van der Waals surface area contributed by atoms with Crippen molar-refractivity contribution in [2.75, 3.05) is 0 Å². The minimum Gasteiger partial charge on any atom is -0.416 e. The van der Waals surface area contributed by atoms with Gasteiger partial charge in [-0.3, -0.25) is 4.79 Å². The molecule has 31 heavy (non-hydrogen) atoms. The second-order valence-electron chi connectivity index (χ2n) is 7.43. The molecule has 1 amide bonds. The molecular formula is C26H20N2O3. The zero-order valence-corrected chi connectivity index (χ0v) is 17.0. The van der Waals surface area contributed by atoms with Crippen molar-refractivity contribution < 1.29 is 9.21 Å². The van der Waals surface area contributed by atoms with Crippen LogP contribution < -0.4 is 10.9 Å². The van der Waals surface area contributed by atoms with E-state index in [1.54, 1.807) is 6.07 Å². The first-order valence-electron chi connectivity index (χ1n) is 10.1. The number of nitriles is 1. The Hall–Kier alpha value is -4.09. The highest BCUT2D eigenvalue weighted by Gasteiger charge is 2.23. The van der Waals surface area contributed by atoms with Crippen molar-refractivity contribution in [3.63, 3.8) is 0 Å². The molecule has 1 aliphatic rings. The Kier molecular flexibility index (Phi) is 5.69. The van der Waals surface area contributed by atoms with E-state index in [1.165, 1.54) is 0 Å². The quantitative estimate of drug-likeness (QED) is 0.637. The van der Waals surface area contributed by atoms with Crippen LogP contribution in [-0.4, -0.2) is 11.9 Å². The third kappa shape index (κ3) is 4.42. The van der Waals surface area contributed by atoms with Crippen molar-refractivity contribution >= 4 is 16.9 Å². The van der Waals surface area contributed by atoms with Crippen molar-refractivity contribution in [1.29, 1.82) is 5.26 Å². The second kappa shape index (κ2) is 8.73. The Labute approximate surface area is 180 Å². The van der Waals surface area contributed by atoms with Crippen LogP contribution in [0.1, 0.15) is 18.9 Å². The maximum atomic E-state index is 12.6. The van der Waals surface area contributed by atoms with Crippen molar-refractivity contribution in [1.82, 2.24) is 5.32 Å². The number of fused-ring (bicyclic) bond motifs is 1. The van der Waals surface area contributed by atoms with Gasteiger partial charge in [-0.15, -0.1) is 0 Å². The maximum absolute atomic E-state index is 12.6. The van der Waals surface area contributed by atoms with Crippen LogP contribution in [0, 0.1) is 29.4 Å². The van der Waals surface area contributed by atoms with Gasteiger partial charge >= 0.3 is 5.63 Å². The van der Waals surface area contributed by atoms with E-state index in [2.05, 4.69) is 23.5 Å². The van der Waals surface area contributed by atoms with E-state index in [0.29, 0.717) is 23.8 Å². The van der Waals surface area contributed by atoms with Crippen LogP contribution in [0.5, 0.6) is 0 Å². The van der Waals surface area contributed by atoms with Gasteiger partial charge in [0.2, 0.25) is 5.91 Å². The average molecular weight is 408 g/mol. The molecule has 2 aromatic carbocycles. The van der Waals surface area contributed by atoms with E-state index in [4.69, 9.17) is 4.42 Å². The number of amides is 1. The number of hydrogen-bond acceptors (Lipinski definition) is 4. The highest BCUT2D eigenvalue weighted by atomic mass is 16.4. The molecule has 1 N–H and O–H groups in total. The minimum atomic E-state index is -0.592. The lowest BCUT2D eigenvalue weighted by molar-refractivity contribution is -0.124. The number of hydrogen-bond donors (Lipinski definition) is 1. The number of carbonyl (C=O) groups is 1. The molecule has 152 valence electrons. The lowest BCUT2D eigenvalue weighted by Gasteiger charge is -2.21. The predicted molar refractivity (Wildman–Crippen MR) is 118 cm³/mol. The van der Waals surface area contributed by atoms with Crippen LogP contribution >= 0.6 is 0 Å². The summed E-state index contributed by atoms with van der Waals surface area (Å²) in [6, 6.07) is 20.2. The Morgan fingerprint density at radius 1 is 1.16 bits per heavy atom. The van der Waals surface area contributed by atoms with Gasteiger partial charge in [0.25, 0.3) is 0 Å². The standard InChI is InChI=1S/C26H20N2O3/c1-2-23(19-4-3-5-19)26(30)28-22(16-27)14-17-6-8-18(9-7-17)20-10-12-24-21(15-20)11-13-25(29)31-24/h3-10,12,15,22-23H,2,14H2,1H3,(H,28,30)/t22-,23+/m0/s1. The summed E-state index contributed by atoms with van der Waals surface area (Å²) in [4.78, 5) is 23.8. The van der Waals surface area contributed by atoms with Crippen molar-refractivity contribution in [2.24, 2.45) is 5.92 Å². The average Bonchev–Trinajstić information content (AvgIpc) is 2.75. The van der Waals surface area contributed by atoms with Gasteiger partial charge in [0.05, 0.1) is 17.4 Å². The molecule has 3 aromatic rings. The van der Waals surface area contributed by atoms with Crippen molar-refractivity contribution in [3.8, 4) is 17.2 Å². The third-order valence-corrected chi connectivity index (χ3v) is 5.39. The summed E-state index contributed by atoms with van der Waals surface area (Å²) in [5.41, 5.74) is 3.82. The predicted octanol–water partition coefficient (Wildman–Crippen LogP) is 4.13. The molecule has 0 aliphatic heterocycles. The molecule has 0 unspecified atom stereocenters. The summed E-state index contributed by atoms with van der Waals surface area (Å²) < 4.78 is 5.10. The van der Waals surface area contributed by atoms with Crippen LogP contribution in [0.4, 0.5) is 0 Å². The van der Waals surface area contributed by atoms with Crippen LogP contribution in [0.3, 0.4) is 0 Å². The van der Waals surface area contributed by atoms with E-state index in [0.717, 1.165) is 22.3 Å². The molecule has 4 rings (SSSR count). The lowest BCUT2D eigenvalue weighted by Crippen LogP contribution is -2.40. The van der Waals surface area contributed by atoms with E-state index in [9.17, 15) is 14.9 Å². The normalized spacial score (nSPS) is 14.0. The highest BCUT2D eigenvalue weighted by Crippen LogP contribution is 2.24. The Bertz CT molecular complexity index is 1280. The van der Waals surface area contributed by atoms with E-state index < -0.39 is 11.7 Å². The Morgan fingerprint density at radius 3 is 2.55 bits per heavy atom. The van der Waals surface area contributed by atoms with E-state index in [-0.39, 0.29) is 11.8 Å². The van der Waals surface area contributed by atoms with E-state index >= 15 is 0 Å². The number of allylic oxidation sites excluding steroid dienone is 3. The molecular weight excluding hydrogens is 388 g/mol. The largest absolute Gasteiger partial charge is 0.416 e. The van der Waals surface area contributed by atoms with Crippen LogP contribution in [0.2, 0.25) is 0 Å².